The van der Waals surface area contributed by atoms with Crippen molar-refractivity contribution in [2.75, 3.05) is 6.54 Å². The van der Waals surface area contributed by atoms with Crippen LogP contribution in [-0.2, 0) is 5.67 Å². The van der Waals surface area contributed by atoms with Gasteiger partial charge in [-0.15, -0.1) is 0 Å². The Morgan fingerprint density at radius 1 is 1.54 bits per heavy atom. The molecule has 1 unspecified atom stereocenters. The van der Waals surface area contributed by atoms with Crippen molar-refractivity contribution in [2.45, 2.75) is 25.9 Å². The van der Waals surface area contributed by atoms with Gasteiger partial charge in [0.25, 0.3) is 0 Å². The third kappa shape index (κ3) is 2.04. The van der Waals surface area contributed by atoms with Gasteiger partial charge < -0.3 is 5.73 Å². The topological polar surface area (TPSA) is 38.9 Å². The van der Waals surface area contributed by atoms with Gasteiger partial charge in [0.05, 0.1) is 0 Å². The van der Waals surface area contributed by atoms with Crippen molar-refractivity contribution in [2.24, 2.45) is 5.73 Å². The molecule has 1 heterocycles. The summed E-state index contributed by atoms with van der Waals surface area (Å²) < 4.78 is 14.0. The fraction of sp³-hybridized carbons (Fsp3) is 0.500. The Morgan fingerprint density at radius 2 is 2.23 bits per heavy atom. The maximum atomic E-state index is 14.0. The molecule has 0 aliphatic carbocycles. The predicted molar refractivity (Wildman–Crippen MR) is 51.1 cm³/mol. The van der Waals surface area contributed by atoms with Gasteiger partial charge in [-0.3, -0.25) is 4.98 Å². The highest BCUT2D eigenvalue weighted by Crippen LogP contribution is 2.28. The van der Waals surface area contributed by atoms with Crippen LogP contribution in [0.4, 0.5) is 4.39 Å². The van der Waals surface area contributed by atoms with Gasteiger partial charge in [-0.1, -0.05) is 6.92 Å². The summed E-state index contributed by atoms with van der Waals surface area (Å²) >= 11 is 0. The molecule has 0 bridgehead atoms. The third-order valence-corrected chi connectivity index (χ3v) is 2.28. The van der Waals surface area contributed by atoms with E-state index in [2.05, 4.69) is 4.98 Å². The van der Waals surface area contributed by atoms with E-state index in [0.29, 0.717) is 12.0 Å². The first-order valence-electron chi connectivity index (χ1n) is 4.43. The van der Waals surface area contributed by atoms with Crippen LogP contribution in [0.3, 0.4) is 0 Å². The molecule has 1 aromatic rings. The summed E-state index contributed by atoms with van der Waals surface area (Å²) in [5.74, 6) is 0. The van der Waals surface area contributed by atoms with E-state index >= 15 is 0 Å². The van der Waals surface area contributed by atoms with Crippen molar-refractivity contribution in [3.63, 3.8) is 0 Å². The van der Waals surface area contributed by atoms with Gasteiger partial charge in [0, 0.05) is 24.5 Å². The van der Waals surface area contributed by atoms with Crippen LogP contribution >= 0.6 is 0 Å². The Balaban J connectivity index is 3.05. The Morgan fingerprint density at radius 3 is 2.69 bits per heavy atom. The number of aryl methyl sites for hydroxylation is 1. The number of nitrogens with two attached hydrogens (primary N) is 1. The normalized spacial score (nSPS) is 15.4. The van der Waals surface area contributed by atoms with Crippen LogP contribution < -0.4 is 5.73 Å². The van der Waals surface area contributed by atoms with Gasteiger partial charge in [-0.25, -0.2) is 4.39 Å². The van der Waals surface area contributed by atoms with E-state index in [1.165, 1.54) is 0 Å². The minimum atomic E-state index is -1.42. The second-order valence-electron chi connectivity index (χ2n) is 3.27. The van der Waals surface area contributed by atoms with Crippen LogP contribution in [0, 0.1) is 6.92 Å². The summed E-state index contributed by atoms with van der Waals surface area (Å²) in [6, 6.07) is 1.80. The molecule has 0 amide bonds. The number of aromatic nitrogens is 1. The zero-order valence-corrected chi connectivity index (χ0v) is 8.05. The average Bonchev–Trinajstić information content (AvgIpc) is 2.17. The van der Waals surface area contributed by atoms with E-state index in [0.717, 1.165) is 5.56 Å². The summed E-state index contributed by atoms with van der Waals surface area (Å²) in [6.45, 7) is 3.69. The fourth-order valence-corrected chi connectivity index (χ4v) is 1.27. The minimum absolute atomic E-state index is 0.00856. The second-order valence-corrected chi connectivity index (χ2v) is 3.27. The number of nitrogens with zero attached hydrogens (tertiary/aromatic N) is 1. The number of pyridine rings is 1. The van der Waals surface area contributed by atoms with Crippen molar-refractivity contribution in [3.05, 3.63) is 29.6 Å². The smallest absolute Gasteiger partial charge is 0.149 e. The lowest BCUT2D eigenvalue weighted by Gasteiger charge is -2.21. The highest BCUT2D eigenvalue weighted by atomic mass is 19.1. The molecule has 0 fully saturated rings. The molecule has 72 valence electrons. The third-order valence-electron chi connectivity index (χ3n) is 2.28. The average molecular weight is 182 g/mol. The molecule has 2 nitrogen and oxygen atoms in total. The maximum Gasteiger partial charge on any atom is 0.149 e. The maximum absolute atomic E-state index is 14.0. The molecule has 1 aromatic heterocycles. The van der Waals surface area contributed by atoms with Gasteiger partial charge >= 0.3 is 0 Å². The highest BCUT2D eigenvalue weighted by Gasteiger charge is 2.28. The molecular formula is C10H15FN2. The van der Waals surface area contributed by atoms with Crippen molar-refractivity contribution in [1.29, 1.82) is 0 Å². The van der Waals surface area contributed by atoms with Gasteiger partial charge in [-0.05, 0) is 25.0 Å². The number of hydrogen-bond donors (Lipinski definition) is 1. The van der Waals surface area contributed by atoms with Crippen molar-refractivity contribution in [1.82, 2.24) is 4.98 Å². The van der Waals surface area contributed by atoms with Gasteiger partial charge in [0.2, 0.25) is 0 Å². The molecule has 1 atom stereocenters. The van der Waals surface area contributed by atoms with Gasteiger partial charge in [0.15, 0.2) is 0 Å². The van der Waals surface area contributed by atoms with E-state index in [1.54, 1.807) is 25.4 Å². The Kier molecular flexibility index (Phi) is 2.98. The van der Waals surface area contributed by atoms with E-state index in [1.807, 2.05) is 6.92 Å². The molecule has 0 radical (unpaired) electrons. The molecule has 13 heavy (non-hydrogen) atoms. The SMILES string of the molecule is CCC(F)(CN)c1cncc(C)c1. The number of hydrogen-bond acceptors (Lipinski definition) is 2. The van der Waals surface area contributed by atoms with Crippen LogP contribution in [0.25, 0.3) is 0 Å². The van der Waals surface area contributed by atoms with Crippen molar-refractivity contribution in [3.8, 4) is 0 Å². The van der Waals surface area contributed by atoms with E-state index < -0.39 is 5.67 Å². The quantitative estimate of drug-likeness (QED) is 0.775. The lowest BCUT2D eigenvalue weighted by atomic mass is 9.94. The molecule has 0 aromatic carbocycles. The molecule has 0 aliphatic heterocycles. The predicted octanol–water partition coefficient (Wildman–Crippen LogP) is 1.92. The number of alkyl halides is 1. The summed E-state index contributed by atoms with van der Waals surface area (Å²) in [5.41, 5.74) is 5.52. The molecule has 3 heteroatoms. The molecule has 2 N–H and O–H groups in total. The molecule has 0 saturated heterocycles. The Labute approximate surface area is 78.0 Å². The first kappa shape index (κ1) is 10.1. The van der Waals surface area contributed by atoms with Gasteiger partial charge in [0.1, 0.15) is 5.67 Å². The van der Waals surface area contributed by atoms with Crippen LogP contribution in [0.15, 0.2) is 18.5 Å². The Bertz CT molecular complexity index is 282. The number of halogens is 1. The minimum Gasteiger partial charge on any atom is -0.327 e. The zero-order valence-electron chi connectivity index (χ0n) is 8.05. The molecule has 0 saturated carbocycles. The molecular weight excluding hydrogens is 167 g/mol. The lowest BCUT2D eigenvalue weighted by Crippen LogP contribution is -2.29. The van der Waals surface area contributed by atoms with Crippen LogP contribution in [0.2, 0.25) is 0 Å². The molecule has 0 spiro atoms. The molecule has 1 rings (SSSR count). The lowest BCUT2D eigenvalue weighted by molar-refractivity contribution is 0.168. The summed E-state index contributed by atoms with van der Waals surface area (Å²) in [4.78, 5) is 3.95. The fourth-order valence-electron chi connectivity index (χ4n) is 1.27. The van der Waals surface area contributed by atoms with Crippen LogP contribution in [0.5, 0.6) is 0 Å². The second kappa shape index (κ2) is 3.83. The number of rotatable bonds is 3. The summed E-state index contributed by atoms with van der Waals surface area (Å²) in [7, 11) is 0. The monoisotopic (exact) mass is 182 g/mol. The Hall–Kier alpha value is -0.960. The molecule has 0 aliphatic rings. The zero-order chi connectivity index (χ0) is 9.90. The van der Waals surface area contributed by atoms with Crippen molar-refractivity contribution < 1.29 is 4.39 Å². The van der Waals surface area contributed by atoms with E-state index in [-0.39, 0.29) is 6.54 Å². The largest absolute Gasteiger partial charge is 0.327 e. The first-order valence-corrected chi connectivity index (χ1v) is 4.43. The van der Waals surface area contributed by atoms with Crippen molar-refractivity contribution >= 4 is 0 Å². The van der Waals surface area contributed by atoms with E-state index in [9.17, 15) is 4.39 Å². The van der Waals surface area contributed by atoms with Crippen LogP contribution in [0.1, 0.15) is 24.5 Å². The summed E-state index contributed by atoms with van der Waals surface area (Å²) in [6.07, 6.45) is 3.63. The standard InChI is InChI=1S/C10H15FN2/c1-3-10(11,7-12)9-4-8(2)5-13-6-9/h4-6H,3,7,12H2,1-2H3. The van der Waals surface area contributed by atoms with E-state index in [4.69, 9.17) is 5.73 Å². The summed E-state index contributed by atoms with van der Waals surface area (Å²) in [5, 5.41) is 0. The van der Waals surface area contributed by atoms with Crippen LogP contribution in [-0.4, -0.2) is 11.5 Å². The first-order chi connectivity index (χ1) is 6.12. The van der Waals surface area contributed by atoms with Gasteiger partial charge in [-0.2, -0.15) is 0 Å². The highest BCUT2D eigenvalue weighted by molar-refractivity contribution is 5.23.